The first-order valence-electron chi connectivity index (χ1n) is 11.2. The van der Waals surface area contributed by atoms with Crippen LogP contribution in [0, 0.1) is 12.3 Å². The lowest BCUT2D eigenvalue weighted by atomic mass is 9.66. The highest BCUT2D eigenvalue weighted by molar-refractivity contribution is 5.33. The van der Waals surface area contributed by atoms with E-state index in [-0.39, 0.29) is 19.8 Å². The van der Waals surface area contributed by atoms with E-state index in [2.05, 4.69) is 6.92 Å². The molecule has 2 rings (SSSR count). The quantitative estimate of drug-likeness (QED) is 0.381. The molecule has 166 valence electrons. The molecule has 0 spiro atoms. The van der Waals surface area contributed by atoms with E-state index in [1.165, 1.54) is 19.3 Å². The molecule has 1 unspecified atom stereocenters. The van der Waals surface area contributed by atoms with Crippen LogP contribution in [0.4, 0.5) is 0 Å². The maximum atomic E-state index is 10.4. The molecule has 0 aliphatic rings. The van der Waals surface area contributed by atoms with Crippen molar-refractivity contribution >= 4 is 0 Å². The first-order chi connectivity index (χ1) is 14.6. The van der Waals surface area contributed by atoms with Gasteiger partial charge in [-0.3, -0.25) is 0 Å². The minimum Gasteiger partial charge on any atom is -0.482 e. The van der Waals surface area contributed by atoms with Crippen molar-refractivity contribution in [3.63, 3.8) is 0 Å². The average Bonchev–Trinajstić information content (AvgIpc) is 2.78. The molecule has 0 fully saturated rings. The second-order valence-corrected chi connectivity index (χ2v) is 8.38. The molecule has 4 nitrogen and oxygen atoms in total. The van der Waals surface area contributed by atoms with Gasteiger partial charge in [-0.05, 0) is 37.5 Å². The van der Waals surface area contributed by atoms with E-state index < -0.39 is 11.0 Å². The maximum absolute atomic E-state index is 10.4. The Morgan fingerprint density at radius 2 is 1.30 bits per heavy atom. The lowest BCUT2D eigenvalue weighted by Gasteiger charge is -2.48. The molecule has 2 aromatic carbocycles. The van der Waals surface area contributed by atoms with E-state index in [1.807, 2.05) is 61.5 Å². The first-order valence-corrected chi connectivity index (χ1v) is 11.2. The Morgan fingerprint density at radius 3 is 1.87 bits per heavy atom. The van der Waals surface area contributed by atoms with Gasteiger partial charge in [0.1, 0.15) is 11.4 Å². The second kappa shape index (κ2) is 12.1. The topological polar surface area (TPSA) is 69.9 Å². The molecule has 0 saturated heterocycles. The van der Waals surface area contributed by atoms with E-state index >= 15 is 0 Å². The van der Waals surface area contributed by atoms with Crippen molar-refractivity contribution in [2.45, 2.75) is 64.4 Å². The highest BCUT2D eigenvalue weighted by atomic mass is 16.5. The summed E-state index contributed by atoms with van der Waals surface area (Å²) in [6.07, 6.45) is 7.31. The average molecular weight is 415 g/mol. The van der Waals surface area contributed by atoms with Crippen LogP contribution in [0.15, 0.2) is 54.6 Å². The summed E-state index contributed by atoms with van der Waals surface area (Å²) in [4.78, 5) is 0. The third kappa shape index (κ3) is 5.63. The molecular weight excluding hydrogens is 376 g/mol. The van der Waals surface area contributed by atoms with Crippen LogP contribution >= 0.6 is 0 Å². The van der Waals surface area contributed by atoms with Gasteiger partial charge in [-0.1, -0.05) is 87.1 Å². The summed E-state index contributed by atoms with van der Waals surface area (Å²) >= 11 is 0. The number of rotatable bonds is 14. The Labute approximate surface area is 181 Å². The number of hydrogen-bond donors (Lipinski definition) is 3. The Balaban J connectivity index is 2.47. The van der Waals surface area contributed by atoms with Crippen molar-refractivity contribution in [3.8, 4) is 5.75 Å². The first kappa shape index (κ1) is 24.4. The van der Waals surface area contributed by atoms with Gasteiger partial charge in [0, 0.05) is 0 Å². The van der Waals surface area contributed by atoms with Gasteiger partial charge in [-0.25, -0.2) is 0 Å². The summed E-state index contributed by atoms with van der Waals surface area (Å²) < 4.78 is 6.61. The number of hydrogen-bond acceptors (Lipinski definition) is 4. The summed E-state index contributed by atoms with van der Waals surface area (Å²) in [6, 6.07) is 17.5. The standard InChI is InChI=1S/C26H38O4/c1-3-4-5-6-7-11-18-26(25(19-27,20-28)21-29,23-16-14-22(2)15-17-23)30-24-12-9-8-10-13-24/h8-10,12-17,27-29H,3-7,11,18-21H2,1-2H3. The van der Waals surface area contributed by atoms with Crippen molar-refractivity contribution < 1.29 is 20.1 Å². The van der Waals surface area contributed by atoms with Gasteiger partial charge in [0.25, 0.3) is 0 Å². The predicted molar refractivity (Wildman–Crippen MR) is 122 cm³/mol. The monoisotopic (exact) mass is 414 g/mol. The Hall–Kier alpha value is -1.88. The highest BCUT2D eigenvalue weighted by Crippen LogP contribution is 2.47. The molecule has 0 heterocycles. The Kier molecular flexibility index (Phi) is 9.83. The lowest BCUT2D eigenvalue weighted by molar-refractivity contribution is -0.149. The molecule has 0 aliphatic heterocycles. The fourth-order valence-corrected chi connectivity index (χ4v) is 4.13. The number of aliphatic hydroxyl groups is 3. The van der Waals surface area contributed by atoms with Crippen molar-refractivity contribution in [2.75, 3.05) is 19.8 Å². The van der Waals surface area contributed by atoms with E-state index in [0.29, 0.717) is 12.2 Å². The van der Waals surface area contributed by atoms with Crippen LogP contribution in [-0.4, -0.2) is 35.1 Å². The lowest BCUT2D eigenvalue weighted by Crippen LogP contribution is -2.56. The fourth-order valence-electron chi connectivity index (χ4n) is 4.13. The van der Waals surface area contributed by atoms with Gasteiger partial charge in [-0.15, -0.1) is 0 Å². The molecule has 0 bridgehead atoms. The molecule has 3 N–H and O–H groups in total. The van der Waals surface area contributed by atoms with Crippen molar-refractivity contribution in [1.29, 1.82) is 0 Å². The number of aliphatic hydroxyl groups excluding tert-OH is 3. The summed E-state index contributed by atoms with van der Waals surface area (Å²) in [7, 11) is 0. The molecule has 0 aliphatic carbocycles. The maximum Gasteiger partial charge on any atom is 0.146 e. The van der Waals surface area contributed by atoms with Crippen LogP contribution in [0.5, 0.6) is 5.75 Å². The summed E-state index contributed by atoms with van der Waals surface area (Å²) in [5.41, 5.74) is -0.288. The van der Waals surface area contributed by atoms with Crippen molar-refractivity contribution in [2.24, 2.45) is 5.41 Å². The summed E-state index contributed by atoms with van der Waals surface area (Å²) in [5.74, 6) is 0.656. The van der Waals surface area contributed by atoms with Gasteiger partial charge in [0.2, 0.25) is 0 Å². The zero-order valence-electron chi connectivity index (χ0n) is 18.5. The van der Waals surface area contributed by atoms with Crippen LogP contribution in [0.3, 0.4) is 0 Å². The van der Waals surface area contributed by atoms with Gasteiger partial charge < -0.3 is 20.1 Å². The van der Waals surface area contributed by atoms with E-state index in [4.69, 9.17) is 4.74 Å². The number of unbranched alkanes of at least 4 members (excludes halogenated alkanes) is 5. The Morgan fingerprint density at radius 1 is 0.733 bits per heavy atom. The van der Waals surface area contributed by atoms with Crippen LogP contribution in [0.2, 0.25) is 0 Å². The molecule has 0 saturated carbocycles. The zero-order valence-corrected chi connectivity index (χ0v) is 18.5. The SMILES string of the molecule is CCCCCCCCC(Oc1ccccc1)(c1ccc(C)cc1)C(CO)(CO)CO. The number of benzene rings is 2. The largest absolute Gasteiger partial charge is 0.482 e. The molecule has 4 heteroatoms. The second-order valence-electron chi connectivity index (χ2n) is 8.38. The minimum atomic E-state index is -1.22. The summed E-state index contributed by atoms with van der Waals surface area (Å²) in [5, 5.41) is 31.1. The molecule has 1 atom stereocenters. The van der Waals surface area contributed by atoms with Gasteiger partial charge in [0.05, 0.1) is 25.2 Å². The smallest absolute Gasteiger partial charge is 0.146 e. The molecular formula is C26H38O4. The third-order valence-electron chi connectivity index (χ3n) is 6.20. The van der Waals surface area contributed by atoms with Crippen LogP contribution in [-0.2, 0) is 5.60 Å². The minimum absolute atomic E-state index is 0.378. The molecule has 30 heavy (non-hydrogen) atoms. The fraction of sp³-hybridized carbons (Fsp3) is 0.538. The Bertz CT molecular complexity index is 701. The molecule has 2 aromatic rings. The normalized spacial score (nSPS) is 13.8. The number of aryl methyl sites for hydroxylation is 1. The van der Waals surface area contributed by atoms with Crippen LogP contribution in [0.25, 0.3) is 0 Å². The van der Waals surface area contributed by atoms with Gasteiger partial charge in [-0.2, -0.15) is 0 Å². The number of ether oxygens (including phenoxy) is 1. The van der Waals surface area contributed by atoms with Gasteiger partial charge >= 0.3 is 0 Å². The number of para-hydroxylation sites is 1. The predicted octanol–water partition coefficient (Wildman–Crippen LogP) is 4.98. The van der Waals surface area contributed by atoms with Crippen molar-refractivity contribution in [3.05, 3.63) is 65.7 Å². The van der Waals surface area contributed by atoms with E-state index in [1.54, 1.807) is 0 Å². The molecule has 0 radical (unpaired) electrons. The third-order valence-corrected chi connectivity index (χ3v) is 6.20. The summed E-state index contributed by atoms with van der Waals surface area (Å²) in [6.45, 7) is 3.09. The van der Waals surface area contributed by atoms with E-state index in [9.17, 15) is 15.3 Å². The highest BCUT2D eigenvalue weighted by Gasteiger charge is 2.54. The van der Waals surface area contributed by atoms with Crippen molar-refractivity contribution in [1.82, 2.24) is 0 Å². The molecule has 0 aromatic heterocycles. The zero-order chi connectivity index (χ0) is 21.9. The van der Waals surface area contributed by atoms with E-state index in [0.717, 1.165) is 30.4 Å². The molecule has 0 amide bonds. The van der Waals surface area contributed by atoms with Crippen LogP contribution < -0.4 is 4.74 Å². The van der Waals surface area contributed by atoms with Gasteiger partial charge in [0.15, 0.2) is 0 Å². The van der Waals surface area contributed by atoms with Crippen LogP contribution in [0.1, 0.15) is 63.0 Å².